The molecule has 16 heavy (non-hydrogen) atoms. The van der Waals surface area contributed by atoms with Crippen molar-refractivity contribution in [3.8, 4) is 5.75 Å². The summed E-state index contributed by atoms with van der Waals surface area (Å²) in [6, 6.07) is 8.10. The highest BCUT2D eigenvalue weighted by Gasteiger charge is 2.01. The largest absolute Gasteiger partial charge is 0.494 e. The van der Waals surface area contributed by atoms with E-state index in [9.17, 15) is 0 Å². The third-order valence-corrected chi connectivity index (χ3v) is 2.52. The van der Waals surface area contributed by atoms with Crippen molar-refractivity contribution in [1.82, 2.24) is 0 Å². The van der Waals surface area contributed by atoms with E-state index in [1.54, 1.807) is 0 Å². The van der Waals surface area contributed by atoms with Crippen molar-refractivity contribution in [3.05, 3.63) is 35.4 Å². The molecule has 2 nitrogen and oxygen atoms in total. The summed E-state index contributed by atoms with van der Waals surface area (Å²) in [6.07, 6.45) is 2.15. The van der Waals surface area contributed by atoms with Crippen LogP contribution in [-0.2, 0) is 0 Å². The number of ether oxygens (including phenoxy) is 1. The fraction of sp³-hybridized carbons (Fsp3) is 0.429. The van der Waals surface area contributed by atoms with Crippen LogP contribution in [0.4, 0.5) is 0 Å². The number of benzene rings is 1. The predicted molar refractivity (Wildman–Crippen MR) is 69.5 cm³/mol. The zero-order chi connectivity index (χ0) is 12.0. The third kappa shape index (κ3) is 3.70. The summed E-state index contributed by atoms with van der Waals surface area (Å²) in [5.41, 5.74) is 8.15. The highest BCUT2D eigenvalue weighted by atomic mass is 16.5. The van der Waals surface area contributed by atoms with Crippen molar-refractivity contribution >= 4 is 6.08 Å². The lowest BCUT2D eigenvalue weighted by atomic mass is 10.0. The second-order valence-corrected chi connectivity index (χ2v) is 4.08. The van der Waals surface area contributed by atoms with Gasteiger partial charge in [-0.2, -0.15) is 0 Å². The Balaban J connectivity index is 2.81. The molecule has 1 aromatic rings. The highest BCUT2D eigenvalue weighted by molar-refractivity contribution is 5.54. The van der Waals surface area contributed by atoms with Gasteiger partial charge in [-0.05, 0) is 30.5 Å². The molecule has 0 aromatic heterocycles. The van der Waals surface area contributed by atoms with Crippen LogP contribution in [-0.4, -0.2) is 13.2 Å². The molecule has 0 fully saturated rings. The smallest absolute Gasteiger partial charge is 0.119 e. The van der Waals surface area contributed by atoms with E-state index in [1.807, 2.05) is 19.1 Å². The van der Waals surface area contributed by atoms with Crippen LogP contribution >= 0.6 is 0 Å². The molecule has 0 spiro atoms. The van der Waals surface area contributed by atoms with Gasteiger partial charge in [0, 0.05) is 6.54 Å². The first-order chi connectivity index (χ1) is 7.67. The van der Waals surface area contributed by atoms with Gasteiger partial charge in [-0.15, -0.1) is 0 Å². The van der Waals surface area contributed by atoms with E-state index in [0.29, 0.717) is 19.1 Å². The Labute approximate surface area is 98.1 Å². The Morgan fingerprint density at radius 1 is 1.31 bits per heavy atom. The minimum atomic E-state index is 0.497. The lowest BCUT2D eigenvalue weighted by molar-refractivity contribution is 0.340. The normalized spacial score (nSPS) is 11.9. The molecule has 0 amide bonds. The Morgan fingerprint density at radius 3 is 2.38 bits per heavy atom. The Morgan fingerprint density at radius 2 is 1.94 bits per heavy atom. The Hall–Kier alpha value is -1.28. The van der Waals surface area contributed by atoms with Gasteiger partial charge in [0.15, 0.2) is 0 Å². The molecule has 0 aliphatic heterocycles. The van der Waals surface area contributed by atoms with E-state index < -0.39 is 0 Å². The molecular formula is C14H21NO. The maximum absolute atomic E-state index is 5.71. The second-order valence-electron chi connectivity index (χ2n) is 4.08. The average Bonchev–Trinajstić information content (AvgIpc) is 2.28. The standard InChI is InChI=1S/C14H21NO/c1-4-16-14-7-5-12(6-8-14)9-13(10-15)11(2)3/h5-9,11H,4,10,15H2,1-3H3. The molecule has 0 saturated carbocycles. The van der Waals surface area contributed by atoms with Gasteiger partial charge in [0.25, 0.3) is 0 Å². The van der Waals surface area contributed by atoms with Crippen molar-refractivity contribution < 1.29 is 4.74 Å². The summed E-state index contributed by atoms with van der Waals surface area (Å²) < 4.78 is 5.39. The zero-order valence-corrected chi connectivity index (χ0v) is 10.4. The molecule has 0 aliphatic carbocycles. The monoisotopic (exact) mass is 219 g/mol. The number of hydrogen-bond acceptors (Lipinski definition) is 2. The van der Waals surface area contributed by atoms with Crippen molar-refractivity contribution in [2.45, 2.75) is 20.8 Å². The van der Waals surface area contributed by atoms with Gasteiger partial charge in [-0.1, -0.05) is 37.6 Å². The van der Waals surface area contributed by atoms with Gasteiger partial charge in [0.05, 0.1) is 6.61 Å². The molecule has 2 N–H and O–H groups in total. The van der Waals surface area contributed by atoms with Crippen LogP contribution in [0.2, 0.25) is 0 Å². The molecule has 0 aliphatic rings. The topological polar surface area (TPSA) is 35.2 Å². The summed E-state index contributed by atoms with van der Waals surface area (Å²) in [5, 5.41) is 0. The van der Waals surface area contributed by atoms with E-state index in [2.05, 4.69) is 32.1 Å². The molecule has 0 radical (unpaired) electrons. The molecule has 2 heteroatoms. The third-order valence-electron chi connectivity index (χ3n) is 2.52. The molecule has 0 saturated heterocycles. The SMILES string of the molecule is CCOc1ccc(C=C(CN)C(C)C)cc1. The zero-order valence-electron chi connectivity index (χ0n) is 10.4. The van der Waals surface area contributed by atoms with Gasteiger partial charge in [0.1, 0.15) is 5.75 Å². The Kier molecular flexibility index (Phi) is 5.06. The summed E-state index contributed by atoms with van der Waals surface area (Å²) in [7, 11) is 0. The fourth-order valence-corrected chi connectivity index (χ4v) is 1.50. The molecular weight excluding hydrogens is 198 g/mol. The van der Waals surface area contributed by atoms with E-state index in [1.165, 1.54) is 11.1 Å². The first-order valence-electron chi connectivity index (χ1n) is 5.80. The number of nitrogens with two attached hydrogens (primary N) is 1. The number of rotatable bonds is 5. The van der Waals surface area contributed by atoms with E-state index in [0.717, 1.165) is 5.75 Å². The van der Waals surface area contributed by atoms with Crippen molar-refractivity contribution in [2.24, 2.45) is 11.7 Å². The number of hydrogen-bond donors (Lipinski definition) is 1. The summed E-state index contributed by atoms with van der Waals surface area (Å²) >= 11 is 0. The molecule has 1 rings (SSSR count). The minimum Gasteiger partial charge on any atom is -0.494 e. The van der Waals surface area contributed by atoms with Crippen LogP contribution in [0.25, 0.3) is 6.08 Å². The fourth-order valence-electron chi connectivity index (χ4n) is 1.50. The average molecular weight is 219 g/mol. The van der Waals surface area contributed by atoms with E-state index in [4.69, 9.17) is 10.5 Å². The quantitative estimate of drug-likeness (QED) is 0.826. The minimum absolute atomic E-state index is 0.497. The maximum atomic E-state index is 5.71. The van der Waals surface area contributed by atoms with Gasteiger partial charge in [-0.25, -0.2) is 0 Å². The molecule has 88 valence electrons. The first kappa shape index (κ1) is 12.8. The van der Waals surface area contributed by atoms with Crippen LogP contribution in [0.1, 0.15) is 26.3 Å². The Bertz CT molecular complexity index is 338. The van der Waals surface area contributed by atoms with E-state index >= 15 is 0 Å². The van der Waals surface area contributed by atoms with Gasteiger partial charge in [-0.3, -0.25) is 0 Å². The van der Waals surface area contributed by atoms with Crippen molar-refractivity contribution in [3.63, 3.8) is 0 Å². The molecule has 0 unspecified atom stereocenters. The van der Waals surface area contributed by atoms with Gasteiger partial charge in [0.2, 0.25) is 0 Å². The summed E-state index contributed by atoms with van der Waals surface area (Å²) in [4.78, 5) is 0. The molecule has 0 bridgehead atoms. The highest BCUT2D eigenvalue weighted by Crippen LogP contribution is 2.17. The van der Waals surface area contributed by atoms with Crippen LogP contribution in [0.3, 0.4) is 0 Å². The van der Waals surface area contributed by atoms with Crippen LogP contribution in [0.15, 0.2) is 29.8 Å². The van der Waals surface area contributed by atoms with Crippen LogP contribution in [0, 0.1) is 5.92 Å². The summed E-state index contributed by atoms with van der Waals surface area (Å²) in [5.74, 6) is 1.41. The summed E-state index contributed by atoms with van der Waals surface area (Å²) in [6.45, 7) is 7.62. The van der Waals surface area contributed by atoms with Crippen LogP contribution in [0.5, 0.6) is 5.75 Å². The van der Waals surface area contributed by atoms with Crippen molar-refractivity contribution in [2.75, 3.05) is 13.2 Å². The second kappa shape index (κ2) is 6.33. The van der Waals surface area contributed by atoms with Crippen molar-refractivity contribution in [1.29, 1.82) is 0 Å². The van der Waals surface area contributed by atoms with Gasteiger partial charge < -0.3 is 10.5 Å². The van der Waals surface area contributed by atoms with Crippen LogP contribution < -0.4 is 10.5 Å². The lowest BCUT2D eigenvalue weighted by Gasteiger charge is -2.09. The van der Waals surface area contributed by atoms with E-state index in [-0.39, 0.29) is 0 Å². The van der Waals surface area contributed by atoms with Gasteiger partial charge >= 0.3 is 0 Å². The molecule has 1 aromatic carbocycles. The molecule has 0 atom stereocenters. The predicted octanol–water partition coefficient (Wildman–Crippen LogP) is 3.08. The first-order valence-corrected chi connectivity index (χ1v) is 5.80. The molecule has 0 heterocycles. The lowest BCUT2D eigenvalue weighted by Crippen LogP contribution is -2.08. The maximum Gasteiger partial charge on any atom is 0.119 e.